The van der Waals surface area contributed by atoms with E-state index in [-0.39, 0.29) is 11.8 Å². The number of hydrogen-bond donors (Lipinski definition) is 1. The van der Waals surface area contributed by atoms with Gasteiger partial charge in [0.2, 0.25) is 16.0 Å². The number of benzene rings is 2. The van der Waals surface area contributed by atoms with Crippen LogP contribution in [0.15, 0.2) is 54.7 Å². The Balaban J connectivity index is 1.19. The van der Waals surface area contributed by atoms with Gasteiger partial charge in [-0.05, 0) is 44.9 Å². The van der Waals surface area contributed by atoms with E-state index in [1.165, 1.54) is 5.56 Å². The number of carbonyl (C=O) groups is 2. The molecule has 9 heteroatoms. The number of ether oxygens (including phenoxy) is 1. The molecular weight excluding hydrogens is 462 g/mol. The van der Waals surface area contributed by atoms with Crippen LogP contribution in [0.5, 0.6) is 0 Å². The van der Waals surface area contributed by atoms with Crippen molar-refractivity contribution in [3.8, 4) is 11.3 Å². The van der Waals surface area contributed by atoms with Crippen molar-refractivity contribution in [3.63, 3.8) is 0 Å². The quantitative estimate of drug-likeness (QED) is 0.392. The van der Waals surface area contributed by atoms with Crippen molar-refractivity contribution < 1.29 is 14.3 Å². The van der Waals surface area contributed by atoms with Gasteiger partial charge in [-0.3, -0.25) is 4.79 Å². The predicted octanol–water partition coefficient (Wildman–Crippen LogP) is 4.80. The first-order valence-electron chi connectivity index (χ1n) is 11.8. The number of piperidine rings is 1. The minimum atomic E-state index is -0.391. The van der Waals surface area contributed by atoms with Gasteiger partial charge >= 0.3 is 5.97 Å². The van der Waals surface area contributed by atoms with Crippen molar-refractivity contribution in [2.75, 3.05) is 29.9 Å². The number of esters is 1. The molecule has 4 aromatic rings. The molecule has 1 saturated heterocycles. The van der Waals surface area contributed by atoms with Gasteiger partial charge in [0.25, 0.3) is 0 Å². The number of nitrogens with zero attached hydrogens (tertiary/aromatic N) is 4. The third-order valence-corrected chi connectivity index (χ3v) is 7.14. The normalized spacial score (nSPS) is 14.3. The van der Waals surface area contributed by atoms with E-state index in [0.29, 0.717) is 17.9 Å². The van der Waals surface area contributed by atoms with E-state index in [4.69, 9.17) is 14.8 Å². The van der Waals surface area contributed by atoms with Crippen molar-refractivity contribution in [3.05, 3.63) is 65.9 Å². The fourth-order valence-electron chi connectivity index (χ4n) is 4.20. The summed E-state index contributed by atoms with van der Waals surface area (Å²) in [5.74, 6) is -0.505. The van der Waals surface area contributed by atoms with E-state index < -0.39 is 5.97 Å². The molecule has 180 valence electrons. The smallest absolute Gasteiger partial charge is 0.338 e. The highest BCUT2D eigenvalue weighted by Gasteiger charge is 2.27. The first-order chi connectivity index (χ1) is 17.0. The summed E-state index contributed by atoms with van der Waals surface area (Å²) in [5, 5.41) is 8.61. The van der Waals surface area contributed by atoms with Gasteiger partial charge in [0, 0.05) is 30.3 Å². The summed E-state index contributed by atoms with van der Waals surface area (Å²) in [4.78, 5) is 32.6. The molecule has 1 amide bonds. The summed E-state index contributed by atoms with van der Waals surface area (Å²) >= 11 is 1.57. The van der Waals surface area contributed by atoms with Crippen LogP contribution in [0, 0.1) is 12.8 Å². The number of amides is 1. The zero-order valence-electron chi connectivity index (χ0n) is 19.7. The summed E-state index contributed by atoms with van der Waals surface area (Å²) in [7, 11) is 0. The minimum absolute atomic E-state index is 0.0256. The Hall–Kier alpha value is -3.72. The number of aromatic nitrogens is 3. The fourth-order valence-corrected chi connectivity index (χ4v) is 5.13. The Morgan fingerprint density at radius 3 is 2.63 bits per heavy atom. The molecule has 35 heavy (non-hydrogen) atoms. The third kappa shape index (κ3) is 5.05. The molecule has 2 aromatic heterocycles. The van der Waals surface area contributed by atoms with E-state index in [9.17, 15) is 9.59 Å². The van der Waals surface area contributed by atoms with E-state index in [0.717, 1.165) is 47.3 Å². The summed E-state index contributed by atoms with van der Waals surface area (Å²) in [6.07, 6.45) is 3.43. The summed E-state index contributed by atoms with van der Waals surface area (Å²) in [6, 6.07) is 15.2. The molecular formula is C26H27N5O3S. The SMILES string of the molecule is CCOC(=O)c1cccc(NC(=O)C2CCN(c3nn4cc(-c5ccc(C)cc5)nc4s3)CC2)c1. The second kappa shape index (κ2) is 9.87. The molecule has 0 bridgehead atoms. The number of aryl methyl sites for hydroxylation is 1. The minimum Gasteiger partial charge on any atom is -0.462 e. The Kier molecular flexibility index (Phi) is 6.50. The topological polar surface area (TPSA) is 88.8 Å². The molecule has 0 unspecified atom stereocenters. The van der Waals surface area contributed by atoms with Crippen molar-refractivity contribution >= 4 is 39.0 Å². The molecule has 8 nitrogen and oxygen atoms in total. The van der Waals surface area contributed by atoms with Crippen LogP contribution < -0.4 is 10.2 Å². The van der Waals surface area contributed by atoms with Crippen LogP contribution in [0.1, 0.15) is 35.7 Å². The number of fused-ring (bicyclic) bond motifs is 1. The lowest BCUT2D eigenvalue weighted by atomic mass is 9.96. The van der Waals surface area contributed by atoms with Gasteiger partial charge in [-0.25, -0.2) is 14.3 Å². The summed E-state index contributed by atoms with van der Waals surface area (Å²) in [5.41, 5.74) is 4.25. The van der Waals surface area contributed by atoms with Crippen LogP contribution in [-0.2, 0) is 9.53 Å². The highest BCUT2D eigenvalue weighted by atomic mass is 32.1. The first-order valence-corrected chi connectivity index (χ1v) is 12.6. The van der Waals surface area contributed by atoms with Crippen molar-refractivity contribution in [1.82, 2.24) is 14.6 Å². The number of nitrogens with one attached hydrogen (secondary N) is 1. The Morgan fingerprint density at radius 1 is 1.14 bits per heavy atom. The molecule has 0 spiro atoms. The maximum absolute atomic E-state index is 12.8. The molecule has 1 aliphatic heterocycles. The fraction of sp³-hybridized carbons (Fsp3) is 0.308. The lowest BCUT2D eigenvalue weighted by Gasteiger charge is -2.30. The molecule has 3 heterocycles. The molecule has 2 aromatic carbocycles. The molecule has 1 fully saturated rings. The van der Waals surface area contributed by atoms with Crippen LogP contribution in [-0.4, -0.2) is 46.2 Å². The predicted molar refractivity (Wildman–Crippen MR) is 137 cm³/mol. The van der Waals surface area contributed by atoms with Crippen molar-refractivity contribution in [2.45, 2.75) is 26.7 Å². The third-order valence-electron chi connectivity index (χ3n) is 6.16. The first kappa shape index (κ1) is 23.0. The largest absolute Gasteiger partial charge is 0.462 e. The van der Waals surface area contributed by atoms with Gasteiger partial charge in [-0.1, -0.05) is 47.2 Å². The van der Waals surface area contributed by atoms with Gasteiger partial charge in [-0.15, -0.1) is 5.10 Å². The number of hydrogen-bond acceptors (Lipinski definition) is 7. The zero-order valence-corrected chi connectivity index (χ0v) is 20.5. The maximum atomic E-state index is 12.8. The molecule has 0 saturated carbocycles. The maximum Gasteiger partial charge on any atom is 0.338 e. The zero-order chi connectivity index (χ0) is 24.4. The summed E-state index contributed by atoms with van der Waals surface area (Å²) < 4.78 is 6.88. The van der Waals surface area contributed by atoms with Crippen LogP contribution in [0.25, 0.3) is 16.2 Å². The standard InChI is InChI=1S/C26H27N5O3S/c1-3-34-24(33)20-5-4-6-21(15-20)27-23(32)19-11-13-30(14-12-19)26-29-31-16-22(28-25(31)35-26)18-9-7-17(2)8-10-18/h4-10,15-16,19H,3,11-14H2,1-2H3,(H,27,32). The Bertz CT molecular complexity index is 1320. The molecule has 0 aliphatic carbocycles. The van der Waals surface area contributed by atoms with Crippen LogP contribution in [0.3, 0.4) is 0 Å². The molecule has 5 rings (SSSR count). The number of carbonyl (C=O) groups excluding carboxylic acids is 2. The Morgan fingerprint density at radius 2 is 1.91 bits per heavy atom. The molecule has 1 aliphatic rings. The van der Waals surface area contributed by atoms with E-state index in [1.54, 1.807) is 42.5 Å². The Labute approximate surface area is 207 Å². The van der Waals surface area contributed by atoms with Gasteiger partial charge in [0.05, 0.1) is 24.1 Å². The van der Waals surface area contributed by atoms with Gasteiger partial charge < -0.3 is 15.0 Å². The van der Waals surface area contributed by atoms with Crippen LogP contribution in [0.2, 0.25) is 0 Å². The van der Waals surface area contributed by atoms with E-state index in [2.05, 4.69) is 41.4 Å². The lowest BCUT2D eigenvalue weighted by molar-refractivity contribution is -0.120. The number of anilines is 2. The van der Waals surface area contributed by atoms with Crippen molar-refractivity contribution in [2.24, 2.45) is 5.92 Å². The van der Waals surface area contributed by atoms with E-state index in [1.807, 2.05) is 10.7 Å². The second-order valence-corrected chi connectivity index (χ2v) is 9.59. The molecule has 1 N–H and O–H groups in total. The highest BCUT2D eigenvalue weighted by Crippen LogP contribution is 2.30. The van der Waals surface area contributed by atoms with Gasteiger partial charge in [-0.2, -0.15) is 0 Å². The molecule has 0 atom stereocenters. The van der Waals surface area contributed by atoms with Crippen LogP contribution in [0.4, 0.5) is 10.8 Å². The average Bonchev–Trinajstić information content (AvgIpc) is 3.45. The van der Waals surface area contributed by atoms with Gasteiger partial charge in [0.1, 0.15) is 0 Å². The van der Waals surface area contributed by atoms with Gasteiger partial charge in [0.15, 0.2) is 0 Å². The lowest BCUT2D eigenvalue weighted by Crippen LogP contribution is -2.38. The second-order valence-electron chi connectivity index (χ2n) is 8.66. The van der Waals surface area contributed by atoms with E-state index >= 15 is 0 Å². The van der Waals surface area contributed by atoms with Crippen molar-refractivity contribution in [1.29, 1.82) is 0 Å². The summed E-state index contributed by atoms with van der Waals surface area (Å²) in [6.45, 7) is 5.65. The van der Waals surface area contributed by atoms with Crippen LogP contribution >= 0.6 is 11.3 Å². The number of imidazole rings is 1. The average molecular weight is 490 g/mol. The number of rotatable bonds is 6. The molecule has 0 radical (unpaired) electrons. The monoisotopic (exact) mass is 489 g/mol. The highest BCUT2D eigenvalue weighted by molar-refractivity contribution is 7.20.